The van der Waals surface area contributed by atoms with Crippen LogP contribution < -0.4 is 10.8 Å². The molecule has 0 saturated carbocycles. The number of halogens is 1. The van der Waals surface area contributed by atoms with E-state index in [9.17, 15) is 9.18 Å². The van der Waals surface area contributed by atoms with Crippen LogP contribution in [0.15, 0.2) is 36.5 Å². The molecule has 1 heterocycles. The molecule has 1 aromatic carbocycles. The summed E-state index contributed by atoms with van der Waals surface area (Å²) in [6.45, 7) is 2.38. The zero-order chi connectivity index (χ0) is 16.2. The summed E-state index contributed by atoms with van der Waals surface area (Å²) in [6, 6.07) is 6.09. The van der Waals surface area contributed by atoms with Crippen LogP contribution in [0, 0.1) is 5.82 Å². The summed E-state index contributed by atoms with van der Waals surface area (Å²) in [5, 5.41) is 2.61. The number of hydrogen-bond acceptors (Lipinski definition) is 3. The van der Waals surface area contributed by atoms with Gasteiger partial charge in [-0.2, -0.15) is 0 Å². The van der Waals surface area contributed by atoms with Crippen molar-refractivity contribution >= 4 is 17.3 Å². The van der Waals surface area contributed by atoms with Crippen molar-refractivity contribution in [3.63, 3.8) is 0 Å². The van der Waals surface area contributed by atoms with Gasteiger partial charge in [0, 0.05) is 17.5 Å². The van der Waals surface area contributed by atoms with Gasteiger partial charge >= 0.3 is 0 Å². The molecule has 5 nitrogen and oxygen atoms in total. The number of carbonyl (C=O) groups is 1. The third-order valence-corrected chi connectivity index (χ3v) is 3.67. The SMILES string of the molecule is CCONC1=CCCc2[nH]cc(C(=O)Nc3ccccc3F)c21. The molecule has 0 saturated heterocycles. The normalized spacial score (nSPS) is 13.2. The van der Waals surface area contributed by atoms with Crippen molar-refractivity contribution in [1.82, 2.24) is 10.5 Å². The van der Waals surface area contributed by atoms with E-state index in [4.69, 9.17) is 4.84 Å². The van der Waals surface area contributed by atoms with Crippen LogP contribution in [-0.4, -0.2) is 17.5 Å². The van der Waals surface area contributed by atoms with Crippen LogP contribution in [0.4, 0.5) is 10.1 Å². The molecule has 0 radical (unpaired) electrons. The standard InChI is InChI=1S/C17H18FN3O2/c1-2-23-21-15-9-5-8-14-16(15)11(10-19-14)17(22)20-13-7-4-3-6-12(13)18/h3-4,6-7,9-10,19,21H,2,5,8H2,1H3,(H,20,22). The summed E-state index contributed by atoms with van der Waals surface area (Å²) in [5.41, 5.74) is 5.99. The molecular weight excluding hydrogens is 297 g/mol. The molecule has 23 heavy (non-hydrogen) atoms. The van der Waals surface area contributed by atoms with E-state index >= 15 is 0 Å². The second-order valence-corrected chi connectivity index (χ2v) is 5.18. The third kappa shape index (κ3) is 3.12. The fraction of sp³-hybridized carbons (Fsp3) is 0.235. The molecule has 0 spiro atoms. The lowest BCUT2D eigenvalue weighted by Gasteiger charge is -2.17. The van der Waals surface area contributed by atoms with Gasteiger partial charge in [0.15, 0.2) is 0 Å². The Morgan fingerprint density at radius 1 is 1.39 bits per heavy atom. The number of para-hydroxylation sites is 1. The van der Waals surface area contributed by atoms with E-state index in [2.05, 4.69) is 15.8 Å². The first-order valence-corrected chi connectivity index (χ1v) is 7.55. The van der Waals surface area contributed by atoms with Crippen molar-refractivity contribution in [3.05, 3.63) is 59.2 Å². The van der Waals surface area contributed by atoms with E-state index in [0.717, 1.165) is 29.8 Å². The van der Waals surface area contributed by atoms with Crippen LogP contribution in [-0.2, 0) is 11.3 Å². The number of carbonyl (C=O) groups excluding carboxylic acids is 1. The Labute approximate surface area is 133 Å². The number of benzene rings is 1. The number of anilines is 1. The molecule has 0 atom stereocenters. The first-order valence-electron chi connectivity index (χ1n) is 7.55. The minimum absolute atomic E-state index is 0.159. The van der Waals surface area contributed by atoms with E-state index in [1.165, 1.54) is 12.1 Å². The number of hydroxylamine groups is 1. The molecule has 6 heteroatoms. The molecule has 0 unspecified atom stereocenters. The molecule has 1 aliphatic rings. The lowest BCUT2D eigenvalue weighted by Crippen LogP contribution is -2.20. The molecule has 1 amide bonds. The Kier molecular flexibility index (Phi) is 4.43. The van der Waals surface area contributed by atoms with Gasteiger partial charge < -0.3 is 10.3 Å². The van der Waals surface area contributed by atoms with E-state index in [1.807, 2.05) is 13.0 Å². The highest BCUT2D eigenvalue weighted by Crippen LogP contribution is 2.28. The fourth-order valence-corrected chi connectivity index (χ4v) is 2.61. The summed E-state index contributed by atoms with van der Waals surface area (Å²) in [7, 11) is 0. The predicted octanol–water partition coefficient (Wildman–Crippen LogP) is 3.23. The fourth-order valence-electron chi connectivity index (χ4n) is 2.61. The van der Waals surface area contributed by atoms with Gasteiger partial charge in [0.1, 0.15) is 5.82 Å². The van der Waals surface area contributed by atoms with Crippen molar-refractivity contribution in [1.29, 1.82) is 0 Å². The minimum atomic E-state index is -0.464. The number of rotatable bonds is 5. The van der Waals surface area contributed by atoms with Crippen molar-refractivity contribution < 1.29 is 14.0 Å². The topological polar surface area (TPSA) is 66.1 Å². The Morgan fingerprint density at radius 2 is 2.22 bits per heavy atom. The molecule has 0 bridgehead atoms. The van der Waals surface area contributed by atoms with Gasteiger partial charge in [-0.1, -0.05) is 18.2 Å². The molecule has 3 N–H and O–H groups in total. The molecule has 1 aromatic heterocycles. The van der Waals surface area contributed by atoms with Crippen molar-refractivity contribution in [3.8, 4) is 0 Å². The largest absolute Gasteiger partial charge is 0.364 e. The van der Waals surface area contributed by atoms with Crippen LogP contribution in [0.5, 0.6) is 0 Å². The smallest absolute Gasteiger partial charge is 0.257 e. The van der Waals surface area contributed by atoms with Gasteiger partial charge in [-0.05, 0) is 31.9 Å². The molecule has 0 fully saturated rings. The first kappa shape index (κ1) is 15.3. The second kappa shape index (κ2) is 6.66. The molecule has 2 aromatic rings. The Balaban J connectivity index is 1.87. The van der Waals surface area contributed by atoms with Gasteiger partial charge in [0.05, 0.1) is 23.6 Å². The number of amides is 1. The van der Waals surface area contributed by atoms with Crippen molar-refractivity contribution in [2.45, 2.75) is 19.8 Å². The number of aromatic amines is 1. The van der Waals surface area contributed by atoms with Gasteiger partial charge in [-0.15, -0.1) is 0 Å². The maximum Gasteiger partial charge on any atom is 0.257 e. The van der Waals surface area contributed by atoms with Gasteiger partial charge in [-0.3, -0.25) is 15.1 Å². The average molecular weight is 315 g/mol. The summed E-state index contributed by atoms with van der Waals surface area (Å²) in [6.07, 6.45) is 5.32. The van der Waals surface area contributed by atoms with Crippen LogP contribution in [0.3, 0.4) is 0 Å². The Hall–Kier alpha value is -2.60. The van der Waals surface area contributed by atoms with Crippen molar-refractivity contribution in [2.75, 3.05) is 11.9 Å². The Morgan fingerprint density at radius 3 is 3.00 bits per heavy atom. The lowest BCUT2D eigenvalue weighted by molar-refractivity contribution is 0.0894. The molecule has 0 aliphatic heterocycles. The lowest BCUT2D eigenvalue weighted by atomic mass is 9.98. The van der Waals surface area contributed by atoms with Crippen LogP contribution in [0.2, 0.25) is 0 Å². The number of aromatic nitrogens is 1. The predicted molar refractivity (Wildman–Crippen MR) is 86.2 cm³/mol. The maximum atomic E-state index is 13.7. The van der Waals surface area contributed by atoms with Gasteiger partial charge in [0.2, 0.25) is 0 Å². The number of aryl methyl sites for hydroxylation is 1. The summed E-state index contributed by atoms with van der Waals surface area (Å²) < 4.78 is 13.7. The highest BCUT2D eigenvalue weighted by molar-refractivity contribution is 6.07. The quantitative estimate of drug-likeness (QED) is 0.742. The highest BCUT2D eigenvalue weighted by atomic mass is 19.1. The monoisotopic (exact) mass is 315 g/mol. The van der Waals surface area contributed by atoms with E-state index in [1.54, 1.807) is 18.3 Å². The molecule has 3 rings (SSSR count). The van der Waals surface area contributed by atoms with Crippen LogP contribution >= 0.6 is 0 Å². The van der Waals surface area contributed by atoms with E-state index < -0.39 is 5.82 Å². The molecule has 1 aliphatic carbocycles. The van der Waals surface area contributed by atoms with Gasteiger partial charge in [-0.25, -0.2) is 4.39 Å². The summed E-state index contributed by atoms with van der Waals surface area (Å²) in [5.74, 6) is -0.827. The van der Waals surface area contributed by atoms with E-state index in [0.29, 0.717) is 12.2 Å². The first-order chi connectivity index (χ1) is 11.2. The van der Waals surface area contributed by atoms with Crippen LogP contribution in [0.25, 0.3) is 5.70 Å². The van der Waals surface area contributed by atoms with E-state index in [-0.39, 0.29) is 11.6 Å². The molecule has 120 valence electrons. The maximum absolute atomic E-state index is 13.7. The number of H-pyrrole nitrogens is 1. The number of fused-ring (bicyclic) bond motifs is 1. The molecular formula is C17H18FN3O2. The number of allylic oxidation sites excluding steroid dienone is 1. The number of nitrogens with one attached hydrogen (secondary N) is 3. The van der Waals surface area contributed by atoms with Gasteiger partial charge in [0.25, 0.3) is 5.91 Å². The van der Waals surface area contributed by atoms with Crippen molar-refractivity contribution in [2.24, 2.45) is 0 Å². The average Bonchev–Trinajstić information content (AvgIpc) is 3.00. The second-order valence-electron chi connectivity index (χ2n) is 5.18. The zero-order valence-electron chi connectivity index (χ0n) is 12.8. The minimum Gasteiger partial charge on any atom is -0.364 e. The summed E-state index contributed by atoms with van der Waals surface area (Å²) in [4.78, 5) is 20.9. The van der Waals surface area contributed by atoms with Crippen LogP contribution in [0.1, 0.15) is 35.0 Å². The Bertz CT molecular complexity index is 752. The zero-order valence-corrected chi connectivity index (χ0v) is 12.8. The summed E-state index contributed by atoms with van der Waals surface area (Å²) >= 11 is 0. The number of hydrogen-bond donors (Lipinski definition) is 3. The third-order valence-electron chi connectivity index (χ3n) is 3.67. The highest BCUT2D eigenvalue weighted by Gasteiger charge is 2.23.